The first kappa shape index (κ1) is 13.9. The highest BCUT2D eigenvalue weighted by molar-refractivity contribution is 6.17. The van der Waals surface area contributed by atoms with Crippen LogP contribution in [0.15, 0.2) is 18.2 Å². The summed E-state index contributed by atoms with van der Waals surface area (Å²) in [5, 5.41) is 0. The number of hydrogen-bond acceptors (Lipinski definition) is 0. The normalized spacial score (nSPS) is 24.7. The smallest absolute Gasteiger partial charge is 0.0226 e. The van der Waals surface area contributed by atoms with Crippen molar-refractivity contribution in [3.8, 4) is 0 Å². The third kappa shape index (κ3) is 2.20. The van der Waals surface area contributed by atoms with Gasteiger partial charge in [0.2, 0.25) is 0 Å². The van der Waals surface area contributed by atoms with E-state index < -0.39 is 0 Å². The minimum absolute atomic E-state index is 0.242. The van der Waals surface area contributed by atoms with Crippen molar-refractivity contribution in [1.82, 2.24) is 0 Å². The SMILES string of the molecule is Cc1ccc2c(c1)C(C)(C)[C@H](CCCl)CC2(C)C. The van der Waals surface area contributed by atoms with E-state index in [9.17, 15) is 0 Å². The van der Waals surface area contributed by atoms with E-state index in [1.807, 2.05) is 0 Å². The van der Waals surface area contributed by atoms with Crippen LogP contribution >= 0.6 is 11.6 Å². The molecule has 1 aromatic rings. The molecule has 0 radical (unpaired) electrons. The summed E-state index contributed by atoms with van der Waals surface area (Å²) in [7, 11) is 0. The molecule has 0 fully saturated rings. The molecule has 0 spiro atoms. The molecule has 1 heteroatoms. The summed E-state index contributed by atoms with van der Waals surface area (Å²) in [5.41, 5.74) is 4.95. The molecule has 18 heavy (non-hydrogen) atoms. The maximum Gasteiger partial charge on any atom is 0.0226 e. The number of halogens is 1. The van der Waals surface area contributed by atoms with Gasteiger partial charge in [0, 0.05) is 5.88 Å². The van der Waals surface area contributed by atoms with Crippen molar-refractivity contribution in [2.75, 3.05) is 5.88 Å². The lowest BCUT2D eigenvalue weighted by Crippen LogP contribution is -2.41. The van der Waals surface area contributed by atoms with Crippen LogP contribution in [-0.4, -0.2) is 5.88 Å². The minimum Gasteiger partial charge on any atom is -0.127 e. The Balaban J connectivity index is 2.57. The number of aryl methyl sites for hydroxylation is 1. The van der Waals surface area contributed by atoms with Gasteiger partial charge in [-0.3, -0.25) is 0 Å². The lowest BCUT2D eigenvalue weighted by molar-refractivity contribution is 0.210. The second-order valence-electron chi connectivity index (χ2n) is 7.03. The number of benzene rings is 1. The van der Waals surface area contributed by atoms with Crippen LogP contribution in [0.25, 0.3) is 0 Å². The van der Waals surface area contributed by atoms with Gasteiger partial charge in [0.25, 0.3) is 0 Å². The van der Waals surface area contributed by atoms with E-state index in [1.54, 1.807) is 0 Å². The summed E-state index contributed by atoms with van der Waals surface area (Å²) in [4.78, 5) is 0. The van der Waals surface area contributed by atoms with Crippen molar-refractivity contribution >= 4 is 11.6 Å². The Bertz CT molecular complexity index is 443. The number of hydrogen-bond donors (Lipinski definition) is 0. The van der Waals surface area contributed by atoms with Crippen LogP contribution in [0.4, 0.5) is 0 Å². The lowest BCUT2D eigenvalue weighted by Gasteiger charge is -2.48. The quantitative estimate of drug-likeness (QED) is 0.644. The van der Waals surface area contributed by atoms with Crippen molar-refractivity contribution in [2.24, 2.45) is 5.92 Å². The first-order valence-electron chi connectivity index (χ1n) is 6.96. The fraction of sp³-hybridized carbons (Fsp3) is 0.647. The molecule has 100 valence electrons. The topological polar surface area (TPSA) is 0 Å². The van der Waals surface area contributed by atoms with Gasteiger partial charge in [-0.25, -0.2) is 0 Å². The zero-order valence-electron chi connectivity index (χ0n) is 12.3. The van der Waals surface area contributed by atoms with Gasteiger partial charge in [-0.2, -0.15) is 0 Å². The van der Waals surface area contributed by atoms with Gasteiger partial charge in [-0.1, -0.05) is 51.5 Å². The molecule has 0 nitrogen and oxygen atoms in total. The third-order valence-electron chi connectivity index (χ3n) is 4.83. The monoisotopic (exact) mass is 264 g/mol. The van der Waals surface area contributed by atoms with Gasteiger partial charge < -0.3 is 0 Å². The van der Waals surface area contributed by atoms with Gasteiger partial charge in [-0.15, -0.1) is 11.6 Å². The third-order valence-corrected chi connectivity index (χ3v) is 5.05. The molecule has 0 bridgehead atoms. The van der Waals surface area contributed by atoms with Crippen LogP contribution in [-0.2, 0) is 10.8 Å². The number of fused-ring (bicyclic) bond motifs is 1. The highest BCUT2D eigenvalue weighted by Crippen LogP contribution is 2.50. The highest BCUT2D eigenvalue weighted by Gasteiger charge is 2.43. The second-order valence-corrected chi connectivity index (χ2v) is 7.41. The predicted octanol–water partition coefficient (Wildman–Crippen LogP) is 5.20. The first-order chi connectivity index (χ1) is 8.29. The molecule has 0 aromatic heterocycles. The fourth-order valence-corrected chi connectivity index (χ4v) is 3.84. The Morgan fingerprint density at radius 3 is 2.44 bits per heavy atom. The van der Waals surface area contributed by atoms with E-state index in [0.717, 1.165) is 12.3 Å². The van der Waals surface area contributed by atoms with Crippen LogP contribution in [0.2, 0.25) is 0 Å². The van der Waals surface area contributed by atoms with Crippen molar-refractivity contribution in [3.63, 3.8) is 0 Å². The van der Waals surface area contributed by atoms with E-state index >= 15 is 0 Å². The summed E-state index contributed by atoms with van der Waals surface area (Å²) in [6.45, 7) is 11.7. The van der Waals surface area contributed by atoms with Crippen molar-refractivity contribution in [2.45, 2.75) is 58.3 Å². The summed E-state index contributed by atoms with van der Waals surface area (Å²) in [5.74, 6) is 1.45. The van der Waals surface area contributed by atoms with Crippen LogP contribution < -0.4 is 0 Å². The van der Waals surface area contributed by atoms with Crippen LogP contribution in [0.3, 0.4) is 0 Å². The molecule has 2 rings (SSSR count). The molecule has 0 heterocycles. The summed E-state index contributed by atoms with van der Waals surface area (Å²) >= 11 is 6.01. The molecule has 0 saturated heterocycles. The van der Waals surface area contributed by atoms with Gasteiger partial charge in [-0.05, 0) is 47.6 Å². The molecule has 0 saturated carbocycles. The van der Waals surface area contributed by atoms with Crippen LogP contribution in [0, 0.1) is 12.8 Å². The van der Waals surface area contributed by atoms with Gasteiger partial charge in [0.15, 0.2) is 0 Å². The number of rotatable bonds is 2. The Kier molecular flexibility index (Phi) is 3.53. The molecule has 1 aliphatic rings. The minimum atomic E-state index is 0.242. The van der Waals surface area contributed by atoms with Gasteiger partial charge in [0.05, 0.1) is 0 Å². The molecule has 0 N–H and O–H groups in total. The largest absolute Gasteiger partial charge is 0.127 e. The Morgan fingerprint density at radius 2 is 1.83 bits per heavy atom. The molecule has 0 amide bonds. The maximum absolute atomic E-state index is 6.01. The average molecular weight is 265 g/mol. The van der Waals surface area contributed by atoms with Gasteiger partial charge >= 0.3 is 0 Å². The van der Waals surface area contributed by atoms with E-state index in [0.29, 0.717) is 5.92 Å². The Labute approximate surface area is 117 Å². The standard InChI is InChI=1S/C17H25Cl/c1-12-6-7-14-15(10-12)17(4,5)13(8-9-18)11-16(14,2)3/h6-7,10,13H,8-9,11H2,1-5H3/t13-/m1/s1. The lowest BCUT2D eigenvalue weighted by atomic mass is 9.57. The second kappa shape index (κ2) is 4.56. The molecule has 0 aliphatic heterocycles. The van der Waals surface area contributed by atoms with Crippen LogP contribution in [0.1, 0.15) is 57.2 Å². The maximum atomic E-state index is 6.01. The number of alkyl halides is 1. The summed E-state index contributed by atoms with van der Waals surface area (Å²) in [6, 6.07) is 6.97. The Morgan fingerprint density at radius 1 is 1.17 bits per heavy atom. The molecular weight excluding hydrogens is 240 g/mol. The highest BCUT2D eigenvalue weighted by atomic mass is 35.5. The zero-order valence-corrected chi connectivity index (χ0v) is 13.1. The Hall–Kier alpha value is -0.490. The average Bonchev–Trinajstić information content (AvgIpc) is 2.26. The van der Waals surface area contributed by atoms with Crippen LogP contribution in [0.5, 0.6) is 0 Å². The van der Waals surface area contributed by atoms with Crippen molar-refractivity contribution in [1.29, 1.82) is 0 Å². The summed E-state index contributed by atoms with van der Waals surface area (Å²) in [6.07, 6.45) is 2.36. The van der Waals surface area contributed by atoms with E-state index in [4.69, 9.17) is 11.6 Å². The fourth-order valence-electron chi connectivity index (χ4n) is 3.58. The van der Waals surface area contributed by atoms with Crippen molar-refractivity contribution in [3.05, 3.63) is 34.9 Å². The molecule has 1 atom stereocenters. The van der Waals surface area contributed by atoms with E-state index in [2.05, 4.69) is 52.8 Å². The molecule has 1 aromatic carbocycles. The predicted molar refractivity (Wildman–Crippen MR) is 80.7 cm³/mol. The van der Waals surface area contributed by atoms with Crippen molar-refractivity contribution < 1.29 is 0 Å². The zero-order chi connectivity index (χ0) is 13.6. The van der Waals surface area contributed by atoms with E-state index in [-0.39, 0.29) is 10.8 Å². The molecule has 1 aliphatic carbocycles. The first-order valence-corrected chi connectivity index (χ1v) is 7.50. The van der Waals surface area contributed by atoms with E-state index in [1.165, 1.54) is 23.1 Å². The molecule has 0 unspecified atom stereocenters. The summed E-state index contributed by atoms with van der Waals surface area (Å²) < 4.78 is 0. The van der Waals surface area contributed by atoms with Gasteiger partial charge in [0.1, 0.15) is 0 Å². The molecular formula is C17H25Cl.